The maximum atomic E-state index is 11.7. The van der Waals surface area contributed by atoms with Gasteiger partial charge in [-0.2, -0.15) is 0 Å². The van der Waals surface area contributed by atoms with Crippen LogP contribution in [0.25, 0.3) is 0 Å². The third kappa shape index (κ3) is 9.15. The average molecular weight is 337 g/mol. The number of nitrogens with two attached hydrogens (primary N) is 1. The third-order valence-corrected chi connectivity index (χ3v) is 3.19. The summed E-state index contributed by atoms with van der Waals surface area (Å²) >= 11 is 0.964. The second kappa shape index (κ2) is 10.8. The molecule has 2 unspecified atom stereocenters. The first-order valence-corrected chi connectivity index (χ1v) is 7.39. The van der Waals surface area contributed by atoms with Gasteiger partial charge in [0, 0.05) is 12.2 Å². The molecule has 0 aromatic carbocycles. The summed E-state index contributed by atoms with van der Waals surface area (Å²) in [6, 6.07) is -2.22. The SMILES string of the molecule is NC(CCC(=O)NC(CSCO)C(=O)NCC(=O)O)C(=O)O. The molecule has 7 N–H and O–H groups in total. The summed E-state index contributed by atoms with van der Waals surface area (Å²) in [5.41, 5.74) is 5.26. The van der Waals surface area contributed by atoms with Crippen molar-refractivity contribution in [3.8, 4) is 0 Å². The number of amides is 2. The van der Waals surface area contributed by atoms with Crippen LogP contribution in [-0.2, 0) is 19.2 Å². The molecule has 0 fully saturated rings. The molecule has 0 saturated heterocycles. The molecule has 0 aromatic rings. The molecule has 0 aliphatic heterocycles. The van der Waals surface area contributed by atoms with Crippen LogP contribution in [0.1, 0.15) is 12.8 Å². The van der Waals surface area contributed by atoms with E-state index >= 15 is 0 Å². The zero-order valence-electron chi connectivity index (χ0n) is 11.7. The van der Waals surface area contributed by atoms with Crippen molar-refractivity contribution in [2.24, 2.45) is 5.73 Å². The van der Waals surface area contributed by atoms with E-state index in [1.54, 1.807) is 0 Å². The van der Waals surface area contributed by atoms with Gasteiger partial charge >= 0.3 is 11.9 Å². The van der Waals surface area contributed by atoms with Gasteiger partial charge in [0.15, 0.2) is 0 Å². The van der Waals surface area contributed by atoms with Crippen molar-refractivity contribution >= 4 is 35.5 Å². The summed E-state index contributed by atoms with van der Waals surface area (Å²) in [5.74, 6) is -4.01. The molecular weight excluding hydrogens is 318 g/mol. The normalized spacial score (nSPS) is 13.0. The Bertz CT molecular complexity index is 418. The molecule has 0 aromatic heterocycles. The molecule has 11 heteroatoms. The number of carboxylic acids is 2. The Hall–Kier alpha value is -1.85. The molecule has 126 valence electrons. The molecular formula is C11H19N3O7S. The van der Waals surface area contributed by atoms with Gasteiger partial charge in [-0.25, -0.2) is 0 Å². The minimum atomic E-state index is -1.24. The van der Waals surface area contributed by atoms with Gasteiger partial charge in [0.2, 0.25) is 11.8 Å². The first-order chi connectivity index (χ1) is 10.3. The highest BCUT2D eigenvalue weighted by atomic mass is 32.2. The van der Waals surface area contributed by atoms with Gasteiger partial charge < -0.3 is 31.7 Å². The average Bonchev–Trinajstić information content (AvgIpc) is 2.46. The van der Waals surface area contributed by atoms with Crippen LogP contribution < -0.4 is 16.4 Å². The molecule has 0 saturated carbocycles. The first-order valence-electron chi connectivity index (χ1n) is 6.23. The third-order valence-electron chi connectivity index (χ3n) is 2.44. The van der Waals surface area contributed by atoms with Crippen LogP contribution in [0.2, 0.25) is 0 Å². The maximum absolute atomic E-state index is 11.7. The van der Waals surface area contributed by atoms with Crippen LogP contribution in [0.4, 0.5) is 0 Å². The van der Waals surface area contributed by atoms with Gasteiger partial charge in [-0.05, 0) is 6.42 Å². The van der Waals surface area contributed by atoms with Crippen molar-refractivity contribution in [1.29, 1.82) is 0 Å². The van der Waals surface area contributed by atoms with E-state index in [0.29, 0.717) is 0 Å². The lowest BCUT2D eigenvalue weighted by Gasteiger charge is -2.17. The van der Waals surface area contributed by atoms with Crippen molar-refractivity contribution in [3.05, 3.63) is 0 Å². The fraction of sp³-hybridized carbons (Fsp3) is 0.636. The van der Waals surface area contributed by atoms with Gasteiger partial charge in [-0.15, -0.1) is 11.8 Å². The maximum Gasteiger partial charge on any atom is 0.322 e. The number of carbonyl (C=O) groups excluding carboxylic acids is 2. The second-order valence-electron chi connectivity index (χ2n) is 4.21. The Morgan fingerprint density at radius 3 is 2.32 bits per heavy atom. The van der Waals surface area contributed by atoms with Gasteiger partial charge in [0.05, 0.1) is 5.94 Å². The minimum absolute atomic E-state index is 0.0404. The molecule has 0 rings (SSSR count). The summed E-state index contributed by atoms with van der Waals surface area (Å²) < 4.78 is 0. The summed E-state index contributed by atoms with van der Waals surface area (Å²) in [6.45, 7) is -0.598. The fourth-order valence-corrected chi connectivity index (χ4v) is 1.89. The highest BCUT2D eigenvalue weighted by Crippen LogP contribution is 2.03. The van der Waals surface area contributed by atoms with Crippen LogP contribution in [0.5, 0.6) is 0 Å². The molecule has 10 nitrogen and oxygen atoms in total. The first kappa shape index (κ1) is 20.1. The van der Waals surface area contributed by atoms with Crippen molar-refractivity contribution in [3.63, 3.8) is 0 Å². The van der Waals surface area contributed by atoms with E-state index in [-0.39, 0.29) is 24.5 Å². The number of rotatable bonds is 11. The molecule has 2 atom stereocenters. The van der Waals surface area contributed by atoms with Gasteiger partial charge in [0.25, 0.3) is 0 Å². The highest BCUT2D eigenvalue weighted by Gasteiger charge is 2.22. The van der Waals surface area contributed by atoms with E-state index in [4.69, 9.17) is 21.1 Å². The Morgan fingerprint density at radius 2 is 1.82 bits per heavy atom. The van der Waals surface area contributed by atoms with Gasteiger partial charge in [-0.3, -0.25) is 19.2 Å². The fourth-order valence-electron chi connectivity index (χ4n) is 1.32. The topological polar surface area (TPSA) is 179 Å². The predicted octanol–water partition coefficient (Wildman–Crippen LogP) is -2.45. The van der Waals surface area contributed by atoms with Crippen LogP contribution in [0, 0.1) is 0 Å². The quantitative estimate of drug-likeness (QED) is 0.223. The Kier molecular flexibility index (Phi) is 9.91. The van der Waals surface area contributed by atoms with Gasteiger partial charge in [-0.1, -0.05) is 0 Å². The number of hydrogen-bond acceptors (Lipinski definition) is 7. The Labute approximate surface area is 130 Å². The molecule has 0 bridgehead atoms. The second-order valence-corrected chi connectivity index (χ2v) is 5.21. The van der Waals surface area contributed by atoms with Crippen molar-refractivity contribution in [1.82, 2.24) is 10.6 Å². The summed E-state index contributed by atoms with van der Waals surface area (Å²) in [5, 5.41) is 30.3. The zero-order valence-corrected chi connectivity index (χ0v) is 12.5. The number of aliphatic hydroxyl groups is 1. The monoisotopic (exact) mass is 337 g/mol. The predicted molar refractivity (Wildman–Crippen MR) is 77.0 cm³/mol. The lowest BCUT2D eigenvalue weighted by atomic mass is 10.1. The largest absolute Gasteiger partial charge is 0.480 e. The highest BCUT2D eigenvalue weighted by molar-refractivity contribution is 7.99. The number of carbonyl (C=O) groups is 4. The van der Waals surface area contributed by atoms with Crippen LogP contribution in [0.15, 0.2) is 0 Å². The lowest BCUT2D eigenvalue weighted by Crippen LogP contribution is -2.49. The minimum Gasteiger partial charge on any atom is -0.480 e. The zero-order chi connectivity index (χ0) is 17.1. The van der Waals surface area contributed by atoms with Crippen LogP contribution in [0.3, 0.4) is 0 Å². The van der Waals surface area contributed by atoms with Crippen molar-refractivity contribution in [2.75, 3.05) is 18.2 Å². The summed E-state index contributed by atoms with van der Waals surface area (Å²) in [4.78, 5) is 44.3. The summed E-state index contributed by atoms with van der Waals surface area (Å²) in [7, 11) is 0. The van der Waals surface area contributed by atoms with Gasteiger partial charge in [0.1, 0.15) is 18.6 Å². The number of aliphatic carboxylic acids is 2. The van der Waals surface area contributed by atoms with Crippen molar-refractivity contribution < 1.29 is 34.5 Å². The molecule has 0 aliphatic carbocycles. The van der Waals surface area contributed by atoms with E-state index in [1.165, 1.54) is 0 Å². The number of nitrogens with one attached hydrogen (secondary N) is 2. The molecule has 0 aliphatic rings. The number of aliphatic hydroxyl groups excluding tert-OH is 1. The number of carboxylic acid groups (broad SMARTS) is 2. The number of hydrogen-bond donors (Lipinski definition) is 6. The van der Waals surface area contributed by atoms with Crippen molar-refractivity contribution in [2.45, 2.75) is 24.9 Å². The molecule has 0 spiro atoms. The Balaban J connectivity index is 4.43. The van der Waals surface area contributed by atoms with E-state index < -0.39 is 42.4 Å². The summed E-state index contributed by atoms with van der Waals surface area (Å²) in [6.07, 6.45) is -0.294. The number of thioether (sulfide) groups is 1. The molecule has 0 heterocycles. The van der Waals surface area contributed by atoms with E-state index in [2.05, 4.69) is 10.6 Å². The van der Waals surface area contributed by atoms with Crippen LogP contribution in [-0.4, -0.2) is 69.4 Å². The van der Waals surface area contributed by atoms with Crippen LogP contribution >= 0.6 is 11.8 Å². The molecule has 22 heavy (non-hydrogen) atoms. The molecule has 0 radical (unpaired) electrons. The standard InChI is InChI=1S/C11H19N3O7S/c12-6(11(20)21)1-2-8(16)14-7(4-22-5-15)10(19)13-3-9(17)18/h6-7,15H,1-5,12H2,(H,13,19)(H,14,16)(H,17,18)(H,20,21). The van der Waals surface area contributed by atoms with E-state index in [1.807, 2.05) is 0 Å². The smallest absolute Gasteiger partial charge is 0.322 e. The lowest BCUT2D eigenvalue weighted by molar-refractivity contribution is -0.139. The van der Waals surface area contributed by atoms with E-state index in [0.717, 1.165) is 11.8 Å². The van der Waals surface area contributed by atoms with E-state index in [9.17, 15) is 19.2 Å². The Morgan fingerprint density at radius 1 is 1.18 bits per heavy atom. The molecule has 2 amide bonds.